The van der Waals surface area contributed by atoms with Crippen molar-refractivity contribution in [3.8, 4) is 0 Å². The topological polar surface area (TPSA) is 38.0 Å². The number of halogens is 1. The molecule has 0 aromatic heterocycles. The Morgan fingerprint density at radius 1 is 1.40 bits per heavy atom. The quantitative estimate of drug-likeness (QED) is 0.808. The SMILES string of the molecule is CSC1(CNc2ccc(F)cc2C(N)=S)CCCCC1. The van der Waals surface area contributed by atoms with Crippen LogP contribution >= 0.6 is 24.0 Å². The second-order valence-electron chi connectivity index (χ2n) is 5.36. The van der Waals surface area contributed by atoms with Crippen molar-refractivity contribution >= 4 is 34.7 Å². The number of hydrogen-bond donors (Lipinski definition) is 2. The highest BCUT2D eigenvalue weighted by molar-refractivity contribution is 8.00. The zero-order valence-corrected chi connectivity index (χ0v) is 13.4. The molecule has 0 atom stereocenters. The summed E-state index contributed by atoms with van der Waals surface area (Å²) in [7, 11) is 0. The predicted molar refractivity (Wildman–Crippen MR) is 90.1 cm³/mol. The Bertz CT molecular complexity index is 485. The first-order valence-electron chi connectivity index (χ1n) is 6.95. The van der Waals surface area contributed by atoms with E-state index in [-0.39, 0.29) is 15.6 Å². The molecule has 0 unspecified atom stereocenters. The van der Waals surface area contributed by atoms with Gasteiger partial charge in [-0.05, 0) is 37.3 Å². The van der Waals surface area contributed by atoms with Gasteiger partial charge in [0.1, 0.15) is 10.8 Å². The molecule has 0 bridgehead atoms. The maximum absolute atomic E-state index is 13.3. The molecular weight excluding hydrogens is 291 g/mol. The summed E-state index contributed by atoms with van der Waals surface area (Å²) < 4.78 is 13.6. The number of benzene rings is 1. The van der Waals surface area contributed by atoms with Gasteiger partial charge in [0.15, 0.2) is 0 Å². The lowest BCUT2D eigenvalue weighted by molar-refractivity contribution is 0.411. The molecule has 1 saturated carbocycles. The minimum absolute atomic E-state index is 0.230. The number of rotatable bonds is 5. The maximum atomic E-state index is 13.3. The summed E-state index contributed by atoms with van der Waals surface area (Å²) >= 11 is 6.93. The Labute approximate surface area is 129 Å². The fraction of sp³-hybridized carbons (Fsp3) is 0.533. The van der Waals surface area contributed by atoms with Crippen LogP contribution in [0.2, 0.25) is 0 Å². The van der Waals surface area contributed by atoms with Crippen LogP contribution in [0.3, 0.4) is 0 Å². The van der Waals surface area contributed by atoms with Crippen LogP contribution in [0.1, 0.15) is 37.7 Å². The van der Waals surface area contributed by atoms with Crippen molar-refractivity contribution in [3.63, 3.8) is 0 Å². The standard InChI is InChI=1S/C15H21FN2S2/c1-20-15(7-3-2-4-8-15)10-18-13-6-5-11(16)9-12(13)14(17)19/h5-6,9,18H,2-4,7-8,10H2,1H3,(H2,17,19). The largest absolute Gasteiger partial charge is 0.389 e. The summed E-state index contributed by atoms with van der Waals surface area (Å²) in [5.74, 6) is -0.310. The first kappa shape index (κ1) is 15.6. The number of nitrogens with one attached hydrogen (secondary N) is 1. The fourth-order valence-corrected chi connectivity index (χ4v) is 3.86. The molecule has 0 heterocycles. The summed E-state index contributed by atoms with van der Waals surface area (Å²) in [6.45, 7) is 0.870. The fourth-order valence-electron chi connectivity index (χ4n) is 2.78. The van der Waals surface area contributed by atoms with Gasteiger partial charge >= 0.3 is 0 Å². The Morgan fingerprint density at radius 2 is 2.10 bits per heavy atom. The third kappa shape index (κ3) is 3.64. The Morgan fingerprint density at radius 3 is 2.70 bits per heavy atom. The lowest BCUT2D eigenvalue weighted by atomic mass is 9.88. The van der Waals surface area contributed by atoms with E-state index in [9.17, 15) is 4.39 Å². The molecule has 1 aromatic rings. The lowest BCUT2D eigenvalue weighted by Crippen LogP contribution is -2.36. The second kappa shape index (κ2) is 6.76. The Hall–Kier alpha value is -0.810. The molecule has 0 amide bonds. The van der Waals surface area contributed by atoms with E-state index in [1.54, 1.807) is 6.07 Å². The Kier molecular flexibility index (Phi) is 5.27. The summed E-state index contributed by atoms with van der Waals surface area (Å²) in [6, 6.07) is 4.56. The second-order valence-corrected chi connectivity index (χ2v) is 7.07. The molecule has 3 N–H and O–H groups in total. The van der Waals surface area contributed by atoms with Crippen LogP contribution in [0.25, 0.3) is 0 Å². The number of thiocarbonyl (C=S) groups is 1. The van der Waals surface area contributed by atoms with Gasteiger partial charge in [0.05, 0.1) is 0 Å². The van der Waals surface area contributed by atoms with Gasteiger partial charge in [0.25, 0.3) is 0 Å². The van der Waals surface area contributed by atoms with Gasteiger partial charge in [0.2, 0.25) is 0 Å². The number of hydrogen-bond acceptors (Lipinski definition) is 3. The number of nitrogens with two attached hydrogens (primary N) is 1. The molecule has 0 aliphatic heterocycles. The van der Waals surface area contributed by atoms with Gasteiger partial charge in [-0.2, -0.15) is 11.8 Å². The molecule has 1 aliphatic carbocycles. The average Bonchev–Trinajstić information content (AvgIpc) is 2.47. The molecule has 5 heteroatoms. The third-order valence-electron chi connectivity index (χ3n) is 4.05. The molecule has 110 valence electrons. The van der Waals surface area contributed by atoms with Crippen LogP contribution in [0, 0.1) is 5.82 Å². The summed E-state index contributed by atoms with van der Waals surface area (Å²) in [6.07, 6.45) is 8.53. The van der Waals surface area contributed by atoms with E-state index < -0.39 is 0 Å². The van der Waals surface area contributed by atoms with E-state index in [0.29, 0.717) is 5.56 Å². The van der Waals surface area contributed by atoms with E-state index in [2.05, 4.69) is 11.6 Å². The van der Waals surface area contributed by atoms with Crippen LogP contribution in [0.15, 0.2) is 18.2 Å². The summed E-state index contributed by atoms with van der Waals surface area (Å²) in [4.78, 5) is 0.230. The van der Waals surface area contributed by atoms with Gasteiger partial charge in [0, 0.05) is 22.5 Å². The molecule has 1 aliphatic rings. The normalized spacial score (nSPS) is 17.7. The van der Waals surface area contributed by atoms with Crippen LogP contribution in [-0.2, 0) is 0 Å². The summed E-state index contributed by atoms with van der Waals surface area (Å²) in [5.41, 5.74) is 7.10. The Balaban J connectivity index is 2.11. The molecular formula is C15H21FN2S2. The van der Waals surface area contributed by atoms with E-state index in [4.69, 9.17) is 18.0 Å². The van der Waals surface area contributed by atoms with Crippen molar-refractivity contribution in [1.29, 1.82) is 0 Å². The first-order valence-corrected chi connectivity index (χ1v) is 8.58. The highest BCUT2D eigenvalue weighted by atomic mass is 32.2. The molecule has 0 radical (unpaired) electrons. The van der Waals surface area contributed by atoms with Crippen molar-refractivity contribution in [2.75, 3.05) is 18.1 Å². The zero-order chi connectivity index (χ0) is 14.6. The minimum atomic E-state index is -0.310. The zero-order valence-electron chi connectivity index (χ0n) is 11.7. The van der Waals surface area contributed by atoms with Crippen molar-refractivity contribution in [3.05, 3.63) is 29.6 Å². The van der Waals surface area contributed by atoms with Gasteiger partial charge in [-0.1, -0.05) is 31.5 Å². The highest BCUT2D eigenvalue weighted by Gasteiger charge is 2.31. The van der Waals surface area contributed by atoms with Crippen LogP contribution in [0.4, 0.5) is 10.1 Å². The van der Waals surface area contributed by atoms with E-state index in [0.717, 1.165) is 12.2 Å². The molecule has 0 spiro atoms. The molecule has 1 aromatic carbocycles. The van der Waals surface area contributed by atoms with Crippen LogP contribution in [0.5, 0.6) is 0 Å². The van der Waals surface area contributed by atoms with Gasteiger partial charge in [-0.3, -0.25) is 0 Å². The molecule has 2 nitrogen and oxygen atoms in total. The van der Waals surface area contributed by atoms with Crippen molar-refractivity contribution in [2.45, 2.75) is 36.9 Å². The highest BCUT2D eigenvalue weighted by Crippen LogP contribution is 2.38. The van der Waals surface area contributed by atoms with Gasteiger partial charge < -0.3 is 11.1 Å². The van der Waals surface area contributed by atoms with Crippen molar-refractivity contribution in [2.24, 2.45) is 5.73 Å². The van der Waals surface area contributed by atoms with Gasteiger partial charge in [-0.25, -0.2) is 4.39 Å². The maximum Gasteiger partial charge on any atom is 0.124 e. The van der Waals surface area contributed by atoms with Crippen molar-refractivity contribution < 1.29 is 4.39 Å². The predicted octanol–water partition coefficient (Wildman–Crippen LogP) is 3.94. The first-order chi connectivity index (χ1) is 9.56. The molecule has 2 rings (SSSR count). The smallest absolute Gasteiger partial charge is 0.124 e. The number of anilines is 1. The minimum Gasteiger partial charge on any atom is -0.389 e. The van der Waals surface area contributed by atoms with E-state index in [1.807, 2.05) is 11.8 Å². The van der Waals surface area contributed by atoms with Crippen LogP contribution < -0.4 is 11.1 Å². The van der Waals surface area contributed by atoms with E-state index in [1.165, 1.54) is 44.2 Å². The monoisotopic (exact) mass is 312 g/mol. The molecule has 20 heavy (non-hydrogen) atoms. The summed E-state index contributed by atoms with van der Waals surface area (Å²) in [5, 5.41) is 3.43. The molecule has 0 saturated heterocycles. The number of thioether (sulfide) groups is 1. The lowest BCUT2D eigenvalue weighted by Gasteiger charge is -2.36. The van der Waals surface area contributed by atoms with Crippen molar-refractivity contribution in [1.82, 2.24) is 0 Å². The van der Waals surface area contributed by atoms with E-state index >= 15 is 0 Å². The van der Waals surface area contributed by atoms with Gasteiger partial charge in [-0.15, -0.1) is 0 Å². The third-order valence-corrected chi connectivity index (χ3v) is 5.68. The molecule has 1 fully saturated rings. The average molecular weight is 312 g/mol. The van der Waals surface area contributed by atoms with Crippen LogP contribution in [-0.4, -0.2) is 22.5 Å².